The van der Waals surface area contributed by atoms with Crippen molar-refractivity contribution in [1.29, 1.82) is 0 Å². The van der Waals surface area contributed by atoms with Crippen molar-refractivity contribution in [2.24, 2.45) is 0 Å². The molecule has 2 N–H and O–H groups in total. The standard InChI is InChI=1S/C8H9IO2/c9-8-2-1-6(4-10)7(3-8)5-11/h1-3,10-11H,4-5H2. The molecule has 60 valence electrons. The van der Waals surface area contributed by atoms with E-state index in [0.29, 0.717) is 0 Å². The number of aliphatic hydroxyl groups excluding tert-OH is 2. The van der Waals surface area contributed by atoms with Gasteiger partial charge in [0.25, 0.3) is 0 Å². The molecule has 0 saturated heterocycles. The summed E-state index contributed by atoms with van der Waals surface area (Å²) >= 11 is 2.17. The van der Waals surface area contributed by atoms with Crippen LogP contribution in [0.15, 0.2) is 18.2 Å². The van der Waals surface area contributed by atoms with Crippen molar-refractivity contribution in [3.63, 3.8) is 0 Å². The van der Waals surface area contributed by atoms with Gasteiger partial charge in [-0.05, 0) is 45.9 Å². The summed E-state index contributed by atoms with van der Waals surface area (Å²) in [6.45, 7) is -0.0143. The van der Waals surface area contributed by atoms with E-state index in [1.807, 2.05) is 18.2 Å². The Hall–Kier alpha value is -0.130. The Morgan fingerprint density at radius 2 is 1.73 bits per heavy atom. The number of aliphatic hydroxyl groups is 2. The number of hydrogen-bond donors (Lipinski definition) is 2. The van der Waals surface area contributed by atoms with Crippen molar-refractivity contribution in [3.05, 3.63) is 32.9 Å². The highest BCUT2D eigenvalue weighted by Crippen LogP contribution is 2.13. The maximum Gasteiger partial charge on any atom is 0.0685 e. The van der Waals surface area contributed by atoms with Crippen LogP contribution in [0.25, 0.3) is 0 Å². The minimum atomic E-state index is -0.00721. The van der Waals surface area contributed by atoms with Crippen molar-refractivity contribution in [3.8, 4) is 0 Å². The molecule has 0 amide bonds. The van der Waals surface area contributed by atoms with Gasteiger partial charge in [0.15, 0.2) is 0 Å². The Morgan fingerprint density at radius 3 is 2.27 bits per heavy atom. The smallest absolute Gasteiger partial charge is 0.0685 e. The molecular formula is C8H9IO2. The Kier molecular flexibility index (Phi) is 3.29. The lowest BCUT2D eigenvalue weighted by Crippen LogP contribution is -1.93. The maximum atomic E-state index is 8.86. The van der Waals surface area contributed by atoms with E-state index in [1.54, 1.807) is 0 Å². The summed E-state index contributed by atoms with van der Waals surface area (Å²) in [5.41, 5.74) is 1.60. The minimum Gasteiger partial charge on any atom is -0.392 e. The first kappa shape index (κ1) is 8.96. The van der Waals surface area contributed by atoms with Gasteiger partial charge < -0.3 is 10.2 Å². The Bertz CT molecular complexity index is 248. The summed E-state index contributed by atoms with van der Waals surface area (Å²) in [5, 5.41) is 17.7. The van der Waals surface area contributed by atoms with Gasteiger partial charge in [0.2, 0.25) is 0 Å². The van der Waals surface area contributed by atoms with Crippen LogP contribution in [0, 0.1) is 3.57 Å². The molecule has 0 spiro atoms. The molecule has 0 heterocycles. The molecular weight excluding hydrogens is 255 g/mol. The zero-order valence-electron chi connectivity index (χ0n) is 5.92. The van der Waals surface area contributed by atoms with Gasteiger partial charge in [-0.25, -0.2) is 0 Å². The molecule has 0 atom stereocenters. The van der Waals surface area contributed by atoms with E-state index < -0.39 is 0 Å². The van der Waals surface area contributed by atoms with Crippen molar-refractivity contribution in [2.45, 2.75) is 13.2 Å². The van der Waals surface area contributed by atoms with Gasteiger partial charge in [0, 0.05) is 3.57 Å². The zero-order valence-corrected chi connectivity index (χ0v) is 8.08. The number of rotatable bonds is 2. The van der Waals surface area contributed by atoms with Gasteiger partial charge in [0.1, 0.15) is 0 Å². The lowest BCUT2D eigenvalue weighted by atomic mass is 10.1. The number of benzene rings is 1. The molecule has 0 unspecified atom stereocenters. The average molecular weight is 264 g/mol. The van der Waals surface area contributed by atoms with E-state index in [1.165, 1.54) is 0 Å². The van der Waals surface area contributed by atoms with Gasteiger partial charge in [-0.3, -0.25) is 0 Å². The van der Waals surface area contributed by atoms with Crippen molar-refractivity contribution >= 4 is 22.6 Å². The minimum absolute atomic E-state index is 0.00713. The van der Waals surface area contributed by atoms with Crippen LogP contribution >= 0.6 is 22.6 Å². The van der Waals surface area contributed by atoms with Gasteiger partial charge in [-0.15, -0.1) is 0 Å². The van der Waals surface area contributed by atoms with Crippen LogP contribution in [0.1, 0.15) is 11.1 Å². The van der Waals surface area contributed by atoms with Gasteiger partial charge >= 0.3 is 0 Å². The van der Waals surface area contributed by atoms with Crippen LogP contribution in [0.2, 0.25) is 0 Å². The first-order valence-electron chi connectivity index (χ1n) is 3.27. The SMILES string of the molecule is OCc1ccc(I)cc1CO. The summed E-state index contributed by atoms with van der Waals surface area (Å²) in [6.07, 6.45) is 0. The molecule has 1 rings (SSSR count). The van der Waals surface area contributed by atoms with Gasteiger partial charge in [-0.2, -0.15) is 0 Å². The first-order valence-corrected chi connectivity index (χ1v) is 4.35. The van der Waals surface area contributed by atoms with Crippen LogP contribution in [0.5, 0.6) is 0 Å². The summed E-state index contributed by atoms with van der Waals surface area (Å²) < 4.78 is 1.07. The van der Waals surface area contributed by atoms with Crippen molar-refractivity contribution in [2.75, 3.05) is 0 Å². The fourth-order valence-corrected chi connectivity index (χ4v) is 1.45. The monoisotopic (exact) mass is 264 g/mol. The molecule has 0 aromatic heterocycles. The summed E-state index contributed by atoms with van der Waals surface area (Å²) in [5.74, 6) is 0. The zero-order chi connectivity index (χ0) is 8.27. The molecule has 1 aromatic carbocycles. The van der Waals surface area contributed by atoms with E-state index in [9.17, 15) is 0 Å². The summed E-state index contributed by atoms with van der Waals surface area (Å²) in [4.78, 5) is 0. The predicted molar refractivity (Wildman–Crippen MR) is 51.0 cm³/mol. The van der Waals surface area contributed by atoms with E-state index >= 15 is 0 Å². The largest absolute Gasteiger partial charge is 0.392 e. The highest BCUT2D eigenvalue weighted by atomic mass is 127. The topological polar surface area (TPSA) is 40.5 Å². The highest BCUT2D eigenvalue weighted by Gasteiger charge is 1.99. The van der Waals surface area contributed by atoms with E-state index in [2.05, 4.69) is 22.6 Å². The lowest BCUT2D eigenvalue weighted by Gasteiger charge is -2.03. The second-order valence-electron chi connectivity index (χ2n) is 2.23. The van der Waals surface area contributed by atoms with Gasteiger partial charge in [0.05, 0.1) is 13.2 Å². The second-order valence-corrected chi connectivity index (χ2v) is 3.47. The first-order chi connectivity index (χ1) is 5.27. The normalized spacial score (nSPS) is 10.1. The fourth-order valence-electron chi connectivity index (χ4n) is 0.896. The molecule has 0 aliphatic carbocycles. The third kappa shape index (κ3) is 2.15. The van der Waals surface area contributed by atoms with E-state index in [4.69, 9.17) is 10.2 Å². The van der Waals surface area contributed by atoms with Crippen LogP contribution in [0.4, 0.5) is 0 Å². The van der Waals surface area contributed by atoms with E-state index in [0.717, 1.165) is 14.7 Å². The number of hydrogen-bond acceptors (Lipinski definition) is 2. The Morgan fingerprint density at radius 1 is 1.09 bits per heavy atom. The van der Waals surface area contributed by atoms with Crippen LogP contribution in [0.3, 0.4) is 0 Å². The lowest BCUT2D eigenvalue weighted by molar-refractivity contribution is 0.260. The molecule has 1 aromatic rings. The fraction of sp³-hybridized carbons (Fsp3) is 0.250. The predicted octanol–water partition coefficient (Wildman–Crippen LogP) is 1.28. The van der Waals surface area contributed by atoms with Crippen LogP contribution in [-0.4, -0.2) is 10.2 Å². The van der Waals surface area contributed by atoms with Gasteiger partial charge in [-0.1, -0.05) is 6.07 Å². The summed E-state index contributed by atoms with van der Waals surface area (Å²) in [7, 11) is 0. The van der Waals surface area contributed by atoms with E-state index in [-0.39, 0.29) is 13.2 Å². The van der Waals surface area contributed by atoms with Crippen molar-refractivity contribution < 1.29 is 10.2 Å². The molecule has 2 nitrogen and oxygen atoms in total. The Balaban J connectivity index is 3.06. The van der Waals surface area contributed by atoms with Crippen LogP contribution < -0.4 is 0 Å². The maximum absolute atomic E-state index is 8.86. The van der Waals surface area contributed by atoms with Crippen molar-refractivity contribution in [1.82, 2.24) is 0 Å². The molecule has 0 saturated carbocycles. The third-order valence-electron chi connectivity index (χ3n) is 1.51. The molecule has 0 bridgehead atoms. The molecule has 0 fully saturated rings. The molecule has 0 aliphatic rings. The average Bonchev–Trinajstić information content (AvgIpc) is 2.04. The quantitative estimate of drug-likeness (QED) is 0.790. The third-order valence-corrected chi connectivity index (χ3v) is 2.18. The number of halogens is 1. The molecule has 0 radical (unpaired) electrons. The summed E-state index contributed by atoms with van der Waals surface area (Å²) in [6, 6.07) is 5.60. The second kappa shape index (κ2) is 4.04. The molecule has 0 aliphatic heterocycles. The highest BCUT2D eigenvalue weighted by molar-refractivity contribution is 14.1. The van der Waals surface area contributed by atoms with Crippen LogP contribution in [-0.2, 0) is 13.2 Å². The Labute approximate surface area is 79.0 Å². The molecule has 3 heteroatoms. The molecule has 11 heavy (non-hydrogen) atoms.